The summed E-state index contributed by atoms with van der Waals surface area (Å²) in [5.74, 6) is 0.166. The van der Waals surface area contributed by atoms with E-state index in [1.165, 1.54) is 11.3 Å². The lowest BCUT2D eigenvalue weighted by Gasteiger charge is -2.11. The van der Waals surface area contributed by atoms with Gasteiger partial charge in [0.05, 0.1) is 11.6 Å². The predicted molar refractivity (Wildman–Crippen MR) is 77.5 cm³/mol. The maximum absolute atomic E-state index is 12.2. The smallest absolute Gasteiger partial charge is 0.271 e. The molecule has 19 heavy (non-hydrogen) atoms. The molecular weight excluding hydrogens is 278 g/mol. The van der Waals surface area contributed by atoms with Crippen molar-refractivity contribution in [3.05, 3.63) is 21.8 Å². The van der Waals surface area contributed by atoms with Gasteiger partial charge < -0.3 is 0 Å². The number of nitriles is 1. The molecule has 0 bridgehead atoms. The first kappa shape index (κ1) is 12.7. The maximum Gasteiger partial charge on any atom is 0.271 e. The fourth-order valence-electron chi connectivity index (χ4n) is 2.39. The molecule has 0 radical (unpaired) electrons. The van der Waals surface area contributed by atoms with Crippen molar-refractivity contribution in [1.29, 1.82) is 5.26 Å². The number of thiophene rings is 1. The molecule has 6 heteroatoms. The van der Waals surface area contributed by atoms with Gasteiger partial charge in [-0.1, -0.05) is 11.8 Å². The molecule has 0 saturated heterocycles. The molecule has 0 spiro atoms. The second-order valence-electron chi connectivity index (χ2n) is 4.77. The predicted octanol–water partition coefficient (Wildman–Crippen LogP) is 2.78. The number of fused-ring (bicyclic) bond motifs is 1. The molecule has 2 heterocycles. The van der Waals surface area contributed by atoms with Gasteiger partial charge in [0.15, 0.2) is 5.16 Å². The third-order valence-electron chi connectivity index (χ3n) is 3.49. The zero-order chi connectivity index (χ0) is 13.4. The maximum atomic E-state index is 12.2. The summed E-state index contributed by atoms with van der Waals surface area (Å²) in [5.41, 5.74) is 0.808. The Bertz CT molecular complexity index is 713. The Labute approximate surface area is 119 Å². The molecular formula is C13H13N3OS2. The fraction of sp³-hybridized carbons (Fsp3) is 0.462. The van der Waals surface area contributed by atoms with Crippen molar-refractivity contribution in [3.63, 3.8) is 0 Å². The van der Waals surface area contributed by atoms with Gasteiger partial charge in [-0.2, -0.15) is 5.26 Å². The minimum Gasteiger partial charge on any atom is -0.290 e. The SMILES string of the molecule is Cn1c(SC2CCC(C#N)C2)nc2ccsc2c1=O. The van der Waals surface area contributed by atoms with Gasteiger partial charge in [-0.3, -0.25) is 9.36 Å². The minimum atomic E-state index is 0.0253. The molecule has 3 rings (SSSR count). The lowest BCUT2D eigenvalue weighted by atomic mass is 10.1. The van der Waals surface area contributed by atoms with Gasteiger partial charge in [0.1, 0.15) is 4.70 Å². The fourth-order valence-corrected chi connectivity index (χ4v) is 4.46. The third kappa shape index (κ3) is 2.28. The molecule has 0 N–H and O–H groups in total. The Hall–Kier alpha value is -1.32. The standard InChI is InChI=1S/C13H13N3OS2/c1-16-12(17)11-10(4-5-18-11)15-13(16)19-9-3-2-8(6-9)7-14/h4-5,8-9H,2-3,6H2,1H3. The van der Waals surface area contributed by atoms with Crippen LogP contribution >= 0.6 is 23.1 Å². The van der Waals surface area contributed by atoms with Crippen LogP contribution in [-0.2, 0) is 7.05 Å². The van der Waals surface area contributed by atoms with Gasteiger partial charge in [0.2, 0.25) is 0 Å². The van der Waals surface area contributed by atoms with Crippen LogP contribution in [0.2, 0.25) is 0 Å². The average Bonchev–Trinajstić information content (AvgIpc) is 3.04. The van der Waals surface area contributed by atoms with E-state index in [-0.39, 0.29) is 11.5 Å². The van der Waals surface area contributed by atoms with E-state index in [0.717, 1.165) is 29.9 Å². The highest BCUT2D eigenvalue weighted by Crippen LogP contribution is 2.36. The molecule has 2 atom stereocenters. The van der Waals surface area contributed by atoms with E-state index in [2.05, 4.69) is 11.1 Å². The van der Waals surface area contributed by atoms with E-state index in [9.17, 15) is 4.79 Å². The third-order valence-corrected chi connectivity index (χ3v) is 5.71. The first-order chi connectivity index (χ1) is 9.19. The second-order valence-corrected chi connectivity index (χ2v) is 6.96. The monoisotopic (exact) mass is 291 g/mol. The summed E-state index contributed by atoms with van der Waals surface area (Å²) in [4.78, 5) is 16.7. The number of rotatable bonds is 2. The summed E-state index contributed by atoms with van der Waals surface area (Å²) in [7, 11) is 1.77. The van der Waals surface area contributed by atoms with Crippen molar-refractivity contribution >= 4 is 33.3 Å². The second kappa shape index (κ2) is 4.99. The molecule has 2 aromatic heterocycles. The molecule has 1 saturated carbocycles. The minimum absolute atomic E-state index is 0.0253. The summed E-state index contributed by atoms with van der Waals surface area (Å²) in [6.07, 6.45) is 2.89. The largest absolute Gasteiger partial charge is 0.290 e. The molecule has 1 aliphatic carbocycles. The van der Waals surface area contributed by atoms with Crippen molar-refractivity contribution in [2.45, 2.75) is 29.7 Å². The highest BCUT2D eigenvalue weighted by atomic mass is 32.2. The zero-order valence-electron chi connectivity index (χ0n) is 10.5. The van der Waals surface area contributed by atoms with E-state index in [0.29, 0.717) is 9.95 Å². The Balaban J connectivity index is 1.91. The zero-order valence-corrected chi connectivity index (χ0v) is 12.1. The van der Waals surface area contributed by atoms with E-state index in [4.69, 9.17) is 5.26 Å². The first-order valence-electron chi connectivity index (χ1n) is 6.19. The van der Waals surface area contributed by atoms with Gasteiger partial charge >= 0.3 is 0 Å². The molecule has 2 unspecified atom stereocenters. The van der Waals surface area contributed by atoms with E-state index >= 15 is 0 Å². The van der Waals surface area contributed by atoms with Crippen molar-refractivity contribution in [2.24, 2.45) is 13.0 Å². The summed E-state index contributed by atoms with van der Waals surface area (Å²) < 4.78 is 2.34. The van der Waals surface area contributed by atoms with Gasteiger partial charge in [0, 0.05) is 18.2 Å². The van der Waals surface area contributed by atoms with Crippen molar-refractivity contribution in [3.8, 4) is 6.07 Å². The molecule has 98 valence electrons. The van der Waals surface area contributed by atoms with Crippen LogP contribution in [0.15, 0.2) is 21.4 Å². The molecule has 1 aliphatic rings. The quantitative estimate of drug-likeness (QED) is 0.798. The summed E-state index contributed by atoms with van der Waals surface area (Å²) >= 11 is 3.07. The van der Waals surface area contributed by atoms with Gasteiger partial charge in [-0.15, -0.1) is 11.3 Å². The van der Waals surface area contributed by atoms with Crippen LogP contribution < -0.4 is 5.56 Å². The van der Waals surface area contributed by atoms with Crippen LogP contribution in [0.4, 0.5) is 0 Å². The topological polar surface area (TPSA) is 58.7 Å². The number of aromatic nitrogens is 2. The van der Waals surface area contributed by atoms with E-state index in [1.54, 1.807) is 23.4 Å². The van der Waals surface area contributed by atoms with Crippen molar-refractivity contribution in [2.75, 3.05) is 0 Å². The molecule has 2 aromatic rings. The lowest BCUT2D eigenvalue weighted by molar-refractivity contribution is 0.700. The Morgan fingerprint density at radius 1 is 1.58 bits per heavy atom. The summed E-state index contributed by atoms with van der Waals surface area (Å²) in [5, 5.41) is 12.0. The summed E-state index contributed by atoms with van der Waals surface area (Å²) in [6, 6.07) is 4.22. The van der Waals surface area contributed by atoms with Crippen LogP contribution in [0, 0.1) is 17.2 Å². The highest BCUT2D eigenvalue weighted by Gasteiger charge is 2.26. The number of nitrogens with zero attached hydrogens (tertiary/aromatic N) is 3. The molecule has 0 aromatic carbocycles. The van der Waals surface area contributed by atoms with Crippen LogP contribution in [-0.4, -0.2) is 14.8 Å². The lowest BCUT2D eigenvalue weighted by Crippen LogP contribution is -2.19. The van der Waals surface area contributed by atoms with E-state index in [1.807, 2.05) is 11.4 Å². The van der Waals surface area contributed by atoms with E-state index < -0.39 is 0 Å². The number of hydrogen-bond acceptors (Lipinski definition) is 5. The normalized spacial score (nSPS) is 22.7. The van der Waals surface area contributed by atoms with Gasteiger partial charge in [-0.25, -0.2) is 4.98 Å². The average molecular weight is 291 g/mol. The molecule has 0 aliphatic heterocycles. The molecule has 0 amide bonds. The van der Waals surface area contributed by atoms with Crippen LogP contribution in [0.25, 0.3) is 10.2 Å². The summed E-state index contributed by atoms with van der Waals surface area (Å²) in [6.45, 7) is 0. The van der Waals surface area contributed by atoms with Crippen molar-refractivity contribution < 1.29 is 0 Å². The Morgan fingerprint density at radius 2 is 2.42 bits per heavy atom. The van der Waals surface area contributed by atoms with Crippen molar-refractivity contribution in [1.82, 2.24) is 9.55 Å². The van der Waals surface area contributed by atoms with Gasteiger partial charge in [0.25, 0.3) is 5.56 Å². The van der Waals surface area contributed by atoms with Crippen LogP contribution in [0.1, 0.15) is 19.3 Å². The number of thioether (sulfide) groups is 1. The Kier molecular flexibility index (Phi) is 3.33. The first-order valence-corrected chi connectivity index (χ1v) is 7.95. The van der Waals surface area contributed by atoms with Crippen LogP contribution in [0.3, 0.4) is 0 Å². The van der Waals surface area contributed by atoms with Crippen LogP contribution in [0.5, 0.6) is 0 Å². The number of hydrogen-bond donors (Lipinski definition) is 0. The molecule has 1 fully saturated rings. The van der Waals surface area contributed by atoms with Gasteiger partial charge in [-0.05, 0) is 30.7 Å². The highest BCUT2D eigenvalue weighted by molar-refractivity contribution is 7.99. The molecule has 4 nitrogen and oxygen atoms in total. The Morgan fingerprint density at radius 3 is 3.16 bits per heavy atom.